The quantitative estimate of drug-likeness (QED) is 0.795. The lowest BCUT2D eigenvalue weighted by molar-refractivity contribution is -0.120. The third kappa shape index (κ3) is 1.93. The highest BCUT2D eigenvalue weighted by Gasteiger charge is 2.45. The van der Waals surface area contributed by atoms with Crippen LogP contribution in [0.3, 0.4) is 0 Å². The Bertz CT molecular complexity index is 491. The SMILES string of the molecule is N#CC1CC2CC(=O)C(C1)N2Cc1ccccc1. The molecule has 3 rings (SSSR count). The first-order valence-corrected chi connectivity index (χ1v) is 6.50. The second-order valence-electron chi connectivity index (χ2n) is 5.30. The fourth-order valence-corrected chi connectivity index (χ4v) is 3.24. The summed E-state index contributed by atoms with van der Waals surface area (Å²) in [6.07, 6.45) is 2.21. The Morgan fingerprint density at radius 2 is 2.06 bits per heavy atom. The molecule has 3 nitrogen and oxygen atoms in total. The van der Waals surface area contributed by atoms with Crippen LogP contribution in [0.25, 0.3) is 0 Å². The first-order chi connectivity index (χ1) is 8.78. The van der Waals surface area contributed by atoms with E-state index in [1.165, 1.54) is 5.56 Å². The Balaban J connectivity index is 1.79. The highest BCUT2D eigenvalue weighted by Crippen LogP contribution is 2.37. The molecule has 2 heterocycles. The number of fused-ring (bicyclic) bond motifs is 2. The lowest BCUT2D eigenvalue weighted by atomic mass is 9.91. The Labute approximate surface area is 107 Å². The van der Waals surface area contributed by atoms with Crippen LogP contribution in [0.4, 0.5) is 0 Å². The van der Waals surface area contributed by atoms with E-state index < -0.39 is 0 Å². The van der Waals surface area contributed by atoms with Gasteiger partial charge >= 0.3 is 0 Å². The maximum absolute atomic E-state index is 12.0. The van der Waals surface area contributed by atoms with Crippen LogP contribution in [0.2, 0.25) is 0 Å². The Kier molecular flexibility index (Phi) is 2.89. The molecule has 3 unspecified atom stereocenters. The average molecular weight is 240 g/mol. The van der Waals surface area contributed by atoms with Gasteiger partial charge in [0.1, 0.15) is 0 Å². The molecule has 0 amide bonds. The molecule has 2 aliphatic rings. The second kappa shape index (κ2) is 4.55. The van der Waals surface area contributed by atoms with Gasteiger partial charge in [0.25, 0.3) is 0 Å². The molecular weight excluding hydrogens is 224 g/mol. The van der Waals surface area contributed by atoms with E-state index in [0.717, 1.165) is 19.4 Å². The summed E-state index contributed by atoms with van der Waals surface area (Å²) < 4.78 is 0. The first kappa shape index (κ1) is 11.4. The fraction of sp³-hybridized carbons (Fsp3) is 0.467. The van der Waals surface area contributed by atoms with Crippen molar-refractivity contribution >= 4 is 5.78 Å². The first-order valence-electron chi connectivity index (χ1n) is 6.50. The van der Waals surface area contributed by atoms with Gasteiger partial charge in [0.05, 0.1) is 12.1 Å². The van der Waals surface area contributed by atoms with E-state index in [4.69, 9.17) is 5.26 Å². The molecule has 2 fully saturated rings. The van der Waals surface area contributed by atoms with Gasteiger partial charge in [-0.3, -0.25) is 9.69 Å². The summed E-state index contributed by atoms with van der Waals surface area (Å²) in [4.78, 5) is 14.3. The maximum Gasteiger partial charge on any atom is 0.151 e. The average Bonchev–Trinajstić information content (AvgIpc) is 2.59. The van der Waals surface area contributed by atoms with Gasteiger partial charge in [-0.05, 0) is 18.4 Å². The predicted octanol–water partition coefficient (Wildman–Crippen LogP) is 2.13. The largest absolute Gasteiger partial charge is 0.298 e. The van der Waals surface area contributed by atoms with Crippen molar-refractivity contribution in [2.24, 2.45) is 5.92 Å². The van der Waals surface area contributed by atoms with Crippen LogP contribution in [-0.2, 0) is 11.3 Å². The second-order valence-corrected chi connectivity index (χ2v) is 5.30. The third-order valence-corrected chi connectivity index (χ3v) is 4.13. The van der Waals surface area contributed by atoms with Crippen LogP contribution in [0.15, 0.2) is 30.3 Å². The van der Waals surface area contributed by atoms with Crippen LogP contribution in [0.5, 0.6) is 0 Å². The minimum Gasteiger partial charge on any atom is -0.298 e. The lowest BCUT2D eigenvalue weighted by Crippen LogP contribution is -2.43. The van der Waals surface area contributed by atoms with Gasteiger partial charge in [-0.15, -0.1) is 0 Å². The summed E-state index contributed by atoms with van der Waals surface area (Å²) in [5.41, 5.74) is 1.25. The third-order valence-electron chi connectivity index (χ3n) is 4.13. The molecule has 3 heteroatoms. The molecule has 0 aliphatic carbocycles. The molecule has 1 aromatic carbocycles. The van der Waals surface area contributed by atoms with Gasteiger partial charge in [0.15, 0.2) is 5.78 Å². The number of nitriles is 1. The minimum absolute atomic E-state index is 0.0198. The number of piperidine rings is 1. The van der Waals surface area contributed by atoms with Crippen molar-refractivity contribution in [2.45, 2.75) is 37.9 Å². The smallest absolute Gasteiger partial charge is 0.151 e. The van der Waals surface area contributed by atoms with Crippen LogP contribution in [0, 0.1) is 17.2 Å². The van der Waals surface area contributed by atoms with E-state index in [1.54, 1.807) is 0 Å². The van der Waals surface area contributed by atoms with Crippen LogP contribution < -0.4 is 0 Å². The Hall–Kier alpha value is -1.66. The van der Waals surface area contributed by atoms with Crippen molar-refractivity contribution in [3.05, 3.63) is 35.9 Å². The van der Waals surface area contributed by atoms with E-state index in [9.17, 15) is 4.79 Å². The zero-order valence-electron chi connectivity index (χ0n) is 10.2. The predicted molar refractivity (Wildman–Crippen MR) is 67.5 cm³/mol. The van der Waals surface area contributed by atoms with E-state index in [2.05, 4.69) is 23.1 Å². The van der Waals surface area contributed by atoms with Gasteiger partial charge in [0, 0.05) is 24.9 Å². The topological polar surface area (TPSA) is 44.1 Å². The lowest BCUT2D eigenvalue weighted by Gasteiger charge is -2.35. The fourth-order valence-electron chi connectivity index (χ4n) is 3.24. The number of Topliss-reactive ketones (excluding diaryl/α,β-unsaturated/α-hetero) is 1. The van der Waals surface area contributed by atoms with E-state index in [1.807, 2.05) is 18.2 Å². The van der Waals surface area contributed by atoms with E-state index >= 15 is 0 Å². The summed E-state index contributed by atoms with van der Waals surface area (Å²) in [7, 11) is 0. The molecule has 2 bridgehead atoms. The molecule has 0 aromatic heterocycles. The standard InChI is InChI=1S/C15H16N2O/c16-9-12-6-13-8-15(18)14(7-12)17(13)10-11-4-2-1-3-5-11/h1-5,12-14H,6-8,10H2. The van der Waals surface area contributed by atoms with Crippen molar-refractivity contribution in [3.63, 3.8) is 0 Å². The van der Waals surface area contributed by atoms with Crippen molar-refractivity contribution < 1.29 is 4.79 Å². The summed E-state index contributed by atoms with van der Waals surface area (Å²) in [6.45, 7) is 0.833. The molecule has 2 saturated heterocycles. The highest BCUT2D eigenvalue weighted by molar-refractivity contribution is 5.87. The number of carbonyl (C=O) groups excluding carboxylic acids is 1. The van der Waals surface area contributed by atoms with Gasteiger partial charge < -0.3 is 0 Å². The number of ketones is 1. The number of carbonyl (C=O) groups is 1. The molecule has 92 valence electrons. The molecule has 0 spiro atoms. The molecule has 2 aliphatic heterocycles. The van der Waals surface area contributed by atoms with Gasteiger partial charge in [0.2, 0.25) is 0 Å². The summed E-state index contributed by atoms with van der Waals surface area (Å²) in [5.74, 6) is 0.396. The number of rotatable bonds is 2. The number of benzene rings is 1. The van der Waals surface area contributed by atoms with Gasteiger partial charge in [-0.25, -0.2) is 0 Å². The monoisotopic (exact) mass is 240 g/mol. The van der Waals surface area contributed by atoms with Crippen molar-refractivity contribution in [2.75, 3.05) is 0 Å². The molecule has 0 radical (unpaired) electrons. The van der Waals surface area contributed by atoms with Crippen molar-refractivity contribution in [3.8, 4) is 6.07 Å². The number of nitrogens with zero attached hydrogens (tertiary/aromatic N) is 2. The minimum atomic E-state index is -0.0198. The summed E-state index contributed by atoms with van der Waals surface area (Å²) >= 11 is 0. The number of hydrogen-bond donors (Lipinski definition) is 0. The van der Waals surface area contributed by atoms with Crippen LogP contribution >= 0.6 is 0 Å². The van der Waals surface area contributed by atoms with E-state index in [0.29, 0.717) is 12.2 Å². The molecule has 0 saturated carbocycles. The number of hydrogen-bond acceptors (Lipinski definition) is 3. The summed E-state index contributed by atoms with van der Waals surface area (Å²) in [5, 5.41) is 9.04. The van der Waals surface area contributed by atoms with E-state index in [-0.39, 0.29) is 18.0 Å². The molecule has 3 atom stereocenters. The van der Waals surface area contributed by atoms with Crippen molar-refractivity contribution in [1.29, 1.82) is 5.26 Å². The molecule has 1 aromatic rings. The van der Waals surface area contributed by atoms with Crippen LogP contribution in [-0.4, -0.2) is 22.8 Å². The maximum atomic E-state index is 12.0. The Morgan fingerprint density at radius 3 is 2.72 bits per heavy atom. The molecular formula is C15H16N2O. The highest BCUT2D eigenvalue weighted by atomic mass is 16.1. The zero-order chi connectivity index (χ0) is 12.5. The molecule has 18 heavy (non-hydrogen) atoms. The zero-order valence-corrected chi connectivity index (χ0v) is 10.2. The summed E-state index contributed by atoms with van der Waals surface area (Å²) in [6, 6.07) is 12.8. The van der Waals surface area contributed by atoms with Crippen LogP contribution in [0.1, 0.15) is 24.8 Å². The molecule has 0 N–H and O–H groups in total. The van der Waals surface area contributed by atoms with Gasteiger partial charge in [-0.1, -0.05) is 30.3 Å². The van der Waals surface area contributed by atoms with Crippen molar-refractivity contribution in [1.82, 2.24) is 4.90 Å². The Morgan fingerprint density at radius 1 is 1.28 bits per heavy atom. The normalized spacial score (nSPS) is 31.3. The van der Waals surface area contributed by atoms with Gasteiger partial charge in [-0.2, -0.15) is 5.26 Å².